The molecule has 110 valence electrons. The van der Waals surface area contributed by atoms with Gasteiger partial charge in [-0.1, -0.05) is 0 Å². The number of hydrogen-bond donors (Lipinski definition) is 0. The Labute approximate surface area is 130 Å². The van der Waals surface area contributed by atoms with Gasteiger partial charge in [0.05, 0.1) is 0 Å². The van der Waals surface area contributed by atoms with E-state index in [2.05, 4.69) is 51.5 Å². The van der Waals surface area contributed by atoms with E-state index in [-0.39, 0.29) is 10.8 Å². The zero-order chi connectivity index (χ0) is 14.6. The molecule has 2 bridgehead atoms. The zero-order valence-electron chi connectivity index (χ0n) is 13.3. The number of methoxy groups -OCH3 is 1. The van der Waals surface area contributed by atoms with Crippen molar-refractivity contribution in [2.45, 2.75) is 48.1 Å². The average Bonchev–Trinajstić information content (AvgIpc) is 2.52. The molecule has 0 saturated heterocycles. The van der Waals surface area contributed by atoms with E-state index in [9.17, 15) is 0 Å². The van der Waals surface area contributed by atoms with Gasteiger partial charge in [0, 0.05) is 0 Å². The molecule has 0 amide bonds. The molecule has 2 aliphatic rings. The molecular formula is C15H27BrO2Sn. The Morgan fingerprint density at radius 1 is 1.26 bits per heavy atom. The van der Waals surface area contributed by atoms with E-state index in [0.29, 0.717) is 18.8 Å². The van der Waals surface area contributed by atoms with Gasteiger partial charge in [0.1, 0.15) is 0 Å². The molecule has 19 heavy (non-hydrogen) atoms. The maximum absolute atomic E-state index is 6.05. The standard InChI is InChI=1S/C12H18BrO2.3CH3.Sn/c1-11(2)8-5-10(15-7-14-4)12(11,3)6-9(8)13;;;;/h8,10H,5,7H2,1-4H3;3*1H3;/t8-,10-,12-;;;;/m1..../s1. The average molecular weight is 438 g/mol. The predicted octanol–water partition coefficient (Wildman–Crippen LogP) is 4.57. The van der Waals surface area contributed by atoms with Crippen molar-refractivity contribution in [2.24, 2.45) is 16.7 Å². The summed E-state index contributed by atoms with van der Waals surface area (Å²) < 4.78 is 14.4. The molecular weight excluding hydrogens is 411 g/mol. The van der Waals surface area contributed by atoms with Crippen LogP contribution in [0.3, 0.4) is 0 Å². The maximum atomic E-state index is 6.05. The fraction of sp³-hybridized carbons (Fsp3) is 0.867. The summed E-state index contributed by atoms with van der Waals surface area (Å²) in [4.78, 5) is 7.54. The first-order chi connectivity index (χ1) is 8.58. The molecule has 0 radical (unpaired) electrons. The topological polar surface area (TPSA) is 18.5 Å². The molecule has 0 aromatic rings. The van der Waals surface area contributed by atoms with E-state index in [1.54, 1.807) is 10.7 Å². The van der Waals surface area contributed by atoms with Crippen molar-refractivity contribution < 1.29 is 9.47 Å². The minimum atomic E-state index is -2.16. The molecule has 0 aromatic heterocycles. The second-order valence-corrected chi connectivity index (χ2v) is 22.9. The summed E-state index contributed by atoms with van der Waals surface area (Å²) in [5, 5.41) is 0. The van der Waals surface area contributed by atoms with Gasteiger partial charge in [-0.2, -0.15) is 0 Å². The van der Waals surface area contributed by atoms with Gasteiger partial charge < -0.3 is 0 Å². The van der Waals surface area contributed by atoms with Gasteiger partial charge in [-0.3, -0.25) is 0 Å². The number of hydrogen-bond acceptors (Lipinski definition) is 2. The van der Waals surface area contributed by atoms with Crippen LogP contribution in [-0.4, -0.2) is 38.4 Å². The molecule has 0 unspecified atom stereocenters. The van der Waals surface area contributed by atoms with Crippen molar-refractivity contribution in [1.29, 1.82) is 0 Å². The van der Waals surface area contributed by atoms with Gasteiger partial charge in [0.2, 0.25) is 0 Å². The second-order valence-electron chi connectivity index (χ2n) is 7.75. The first-order valence-electron chi connectivity index (χ1n) is 7.09. The van der Waals surface area contributed by atoms with E-state index >= 15 is 0 Å². The van der Waals surface area contributed by atoms with E-state index < -0.39 is 18.4 Å². The predicted molar refractivity (Wildman–Crippen MR) is 86.0 cm³/mol. The molecule has 2 rings (SSSR count). The van der Waals surface area contributed by atoms with Crippen LogP contribution in [0.1, 0.15) is 27.2 Å². The van der Waals surface area contributed by atoms with Crippen LogP contribution in [0.5, 0.6) is 0 Å². The number of ether oxygens (including phenoxy) is 2. The molecule has 0 spiro atoms. The van der Waals surface area contributed by atoms with Crippen LogP contribution < -0.4 is 0 Å². The summed E-state index contributed by atoms with van der Waals surface area (Å²) >= 11 is 1.79. The summed E-state index contributed by atoms with van der Waals surface area (Å²) in [5.41, 5.74) is 0.452. The van der Waals surface area contributed by atoms with Gasteiger partial charge in [0.25, 0.3) is 0 Å². The Morgan fingerprint density at radius 2 is 1.84 bits per heavy atom. The Kier molecular flexibility index (Phi) is 4.29. The molecule has 3 atom stereocenters. The summed E-state index contributed by atoms with van der Waals surface area (Å²) in [7, 11) is 1.70. The van der Waals surface area contributed by atoms with Crippen LogP contribution in [0.2, 0.25) is 14.8 Å². The number of fused-ring (bicyclic) bond motifs is 2. The van der Waals surface area contributed by atoms with Gasteiger partial charge in [-0.25, -0.2) is 0 Å². The van der Waals surface area contributed by atoms with Gasteiger partial charge in [-0.15, -0.1) is 0 Å². The Balaban J connectivity index is 2.47. The van der Waals surface area contributed by atoms with Crippen molar-refractivity contribution in [3.8, 4) is 0 Å². The van der Waals surface area contributed by atoms with E-state index in [1.165, 1.54) is 4.48 Å². The van der Waals surface area contributed by atoms with Gasteiger partial charge in [0.15, 0.2) is 0 Å². The van der Waals surface area contributed by atoms with E-state index in [1.807, 2.05) is 0 Å². The van der Waals surface area contributed by atoms with E-state index in [4.69, 9.17) is 9.47 Å². The zero-order valence-corrected chi connectivity index (χ0v) is 17.7. The monoisotopic (exact) mass is 438 g/mol. The van der Waals surface area contributed by atoms with Crippen molar-refractivity contribution in [3.63, 3.8) is 0 Å². The molecule has 0 heterocycles. The summed E-state index contributed by atoms with van der Waals surface area (Å²) in [6.45, 7) is 7.67. The van der Waals surface area contributed by atoms with Crippen LogP contribution >= 0.6 is 15.9 Å². The Morgan fingerprint density at radius 3 is 2.26 bits per heavy atom. The van der Waals surface area contributed by atoms with Crippen LogP contribution in [0, 0.1) is 16.7 Å². The molecule has 1 fully saturated rings. The third-order valence-electron chi connectivity index (χ3n) is 5.50. The molecule has 0 aromatic carbocycles. The molecule has 0 aliphatic heterocycles. The Bertz CT molecular complexity index is 411. The van der Waals surface area contributed by atoms with Crippen LogP contribution in [0.25, 0.3) is 0 Å². The third kappa shape index (κ3) is 2.18. The fourth-order valence-corrected chi connectivity index (χ4v) is 17.9. The first-order valence-corrected chi connectivity index (χ1v) is 17.9. The third-order valence-corrected chi connectivity index (χ3v) is 14.0. The second kappa shape index (κ2) is 4.99. The van der Waals surface area contributed by atoms with Crippen molar-refractivity contribution in [2.75, 3.05) is 13.9 Å². The molecule has 1 saturated carbocycles. The molecule has 2 nitrogen and oxygen atoms in total. The van der Waals surface area contributed by atoms with Gasteiger partial charge in [-0.05, 0) is 0 Å². The van der Waals surface area contributed by atoms with Gasteiger partial charge >= 0.3 is 131 Å². The van der Waals surface area contributed by atoms with E-state index in [0.717, 1.165) is 6.42 Å². The fourth-order valence-electron chi connectivity index (χ4n) is 4.37. The normalized spacial score (nSPS) is 37.3. The van der Waals surface area contributed by atoms with Crippen molar-refractivity contribution in [1.82, 2.24) is 0 Å². The molecule has 4 heteroatoms. The quantitative estimate of drug-likeness (QED) is 0.474. The van der Waals surface area contributed by atoms with Crippen LogP contribution in [0.15, 0.2) is 8.07 Å². The number of halogens is 1. The Hall–Kier alpha value is 0.939. The number of rotatable bonds is 4. The number of allylic oxidation sites excluding steroid dienone is 1. The van der Waals surface area contributed by atoms with Crippen LogP contribution in [0.4, 0.5) is 0 Å². The van der Waals surface area contributed by atoms with Crippen molar-refractivity contribution in [3.05, 3.63) is 8.07 Å². The molecule has 0 N–H and O–H groups in total. The SMILES string of the molecule is COCO[C@@H]1C[C@@H]2C(Br)=[C]([Sn]([CH3])([CH3])[CH3])[C@@]1(C)C2(C)C. The minimum absolute atomic E-state index is 0.170. The first kappa shape index (κ1) is 16.3. The summed E-state index contributed by atoms with van der Waals surface area (Å²) in [6.07, 6.45) is 1.43. The summed E-state index contributed by atoms with van der Waals surface area (Å²) in [5.74, 6) is 0.616. The van der Waals surface area contributed by atoms with Crippen molar-refractivity contribution >= 4 is 34.3 Å². The summed E-state index contributed by atoms with van der Waals surface area (Å²) in [6, 6.07) is 0. The van der Waals surface area contributed by atoms with Crippen LogP contribution in [-0.2, 0) is 9.47 Å². The molecule has 2 aliphatic carbocycles.